The molecule has 0 aromatic heterocycles. The van der Waals surface area contributed by atoms with Crippen molar-refractivity contribution in [2.75, 3.05) is 63.9 Å². The molecular formula is C16H25N3O. The number of para-hydroxylation sites is 1. The smallest absolute Gasteiger partial charge is 0.0642 e. The minimum Gasteiger partial charge on any atom is -0.378 e. The van der Waals surface area contributed by atoms with Crippen molar-refractivity contribution in [1.82, 2.24) is 10.2 Å². The van der Waals surface area contributed by atoms with Crippen molar-refractivity contribution in [1.29, 1.82) is 0 Å². The van der Waals surface area contributed by atoms with Crippen LogP contribution in [0.25, 0.3) is 0 Å². The zero-order valence-corrected chi connectivity index (χ0v) is 12.2. The highest BCUT2D eigenvalue weighted by molar-refractivity contribution is 5.54. The zero-order chi connectivity index (χ0) is 13.6. The highest BCUT2D eigenvalue weighted by atomic mass is 16.5. The third kappa shape index (κ3) is 3.51. The number of hydrogen-bond donors (Lipinski definition) is 1. The lowest BCUT2D eigenvalue weighted by Gasteiger charge is -2.31. The number of rotatable bonds is 4. The summed E-state index contributed by atoms with van der Waals surface area (Å²) in [4.78, 5) is 5.03. The van der Waals surface area contributed by atoms with Crippen molar-refractivity contribution in [3.63, 3.8) is 0 Å². The number of hydrogen-bond acceptors (Lipinski definition) is 4. The van der Waals surface area contributed by atoms with Gasteiger partial charge in [0.25, 0.3) is 0 Å². The van der Waals surface area contributed by atoms with Gasteiger partial charge in [-0.05, 0) is 18.1 Å². The minimum absolute atomic E-state index is 0.853. The molecule has 0 saturated carbocycles. The molecule has 4 nitrogen and oxygen atoms in total. The molecule has 2 heterocycles. The lowest BCUT2D eigenvalue weighted by atomic mass is 10.1. The molecule has 2 saturated heterocycles. The van der Waals surface area contributed by atoms with E-state index in [4.69, 9.17) is 4.74 Å². The van der Waals surface area contributed by atoms with Crippen LogP contribution in [0.5, 0.6) is 0 Å². The third-order valence-corrected chi connectivity index (χ3v) is 4.25. The van der Waals surface area contributed by atoms with Gasteiger partial charge < -0.3 is 19.9 Å². The van der Waals surface area contributed by atoms with Gasteiger partial charge >= 0.3 is 0 Å². The summed E-state index contributed by atoms with van der Waals surface area (Å²) in [5.74, 6) is 0. The van der Waals surface area contributed by atoms with Gasteiger partial charge in [0, 0.05) is 51.5 Å². The Bertz CT molecular complexity index is 412. The van der Waals surface area contributed by atoms with E-state index in [1.54, 1.807) is 0 Å². The van der Waals surface area contributed by atoms with E-state index in [2.05, 4.69) is 39.4 Å². The molecule has 0 atom stereocenters. The van der Waals surface area contributed by atoms with Crippen LogP contribution in [0.3, 0.4) is 0 Å². The molecule has 110 valence electrons. The molecule has 0 bridgehead atoms. The van der Waals surface area contributed by atoms with Crippen molar-refractivity contribution < 1.29 is 4.74 Å². The summed E-state index contributed by atoms with van der Waals surface area (Å²) in [6, 6.07) is 8.86. The van der Waals surface area contributed by atoms with Crippen LogP contribution in [0.2, 0.25) is 0 Å². The Morgan fingerprint density at radius 1 is 1.00 bits per heavy atom. The predicted octanol–water partition coefficient (Wildman–Crippen LogP) is 0.971. The number of piperazine rings is 1. The summed E-state index contributed by atoms with van der Waals surface area (Å²) in [6.07, 6.45) is 1.15. The molecule has 4 heteroatoms. The molecule has 0 unspecified atom stereocenters. The quantitative estimate of drug-likeness (QED) is 0.886. The SMILES string of the molecule is c1ccc(N2CCOCC2)c(CCN2CCNCC2)c1. The Morgan fingerprint density at radius 2 is 1.75 bits per heavy atom. The standard InChI is InChI=1S/C16H25N3O/c1-2-4-16(19-11-13-20-14-12-19)15(3-1)5-8-18-9-6-17-7-10-18/h1-4,17H,5-14H2. The van der Waals surface area contributed by atoms with Gasteiger partial charge in [0.05, 0.1) is 13.2 Å². The summed E-state index contributed by atoms with van der Waals surface area (Å²) < 4.78 is 5.46. The van der Waals surface area contributed by atoms with Crippen molar-refractivity contribution in [2.45, 2.75) is 6.42 Å². The monoisotopic (exact) mass is 275 g/mol. The fourth-order valence-corrected chi connectivity index (χ4v) is 3.05. The Balaban J connectivity index is 1.62. The summed E-state index contributed by atoms with van der Waals surface area (Å²) >= 11 is 0. The van der Waals surface area contributed by atoms with E-state index in [1.165, 1.54) is 30.9 Å². The van der Waals surface area contributed by atoms with Crippen LogP contribution in [0.4, 0.5) is 5.69 Å². The predicted molar refractivity (Wildman–Crippen MR) is 82.5 cm³/mol. The first-order valence-electron chi connectivity index (χ1n) is 7.77. The summed E-state index contributed by atoms with van der Waals surface area (Å²) in [5, 5.41) is 3.41. The first-order chi connectivity index (χ1) is 9.93. The fourth-order valence-electron chi connectivity index (χ4n) is 3.05. The summed E-state index contributed by atoms with van der Waals surface area (Å²) in [5.41, 5.74) is 2.89. The molecule has 1 N–H and O–H groups in total. The molecule has 2 aliphatic heterocycles. The molecule has 2 aliphatic rings. The number of nitrogens with one attached hydrogen (secondary N) is 1. The molecule has 1 aromatic rings. The van der Waals surface area contributed by atoms with E-state index in [1.807, 2.05) is 0 Å². The molecule has 20 heavy (non-hydrogen) atoms. The molecule has 1 aromatic carbocycles. The van der Waals surface area contributed by atoms with Crippen LogP contribution in [0.1, 0.15) is 5.56 Å². The van der Waals surface area contributed by atoms with Gasteiger partial charge in [-0.1, -0.05) is 18.2 Å². The second-order valence-corrected chi connectivity index (χ2v) is 5.57. The molecule has 3 rings (SSSR count). The van der Waals surface area contributed by atoms with E-state index in [-0.39, 0.29) is 0 Å². The number of nitrogens with zero attached hydrogens (tertiary/aromatic N) is 2. The Hall–Kier alpha value is -1.10. The highest BCUT2D eigenvalue weighted by Gasteiger charge is 2.15. The first-order valence-corrected chi connectivity index (χ1v) is 7.77. The number of ether oxygens (including phenoxy) is 1. The molecule has 0 amide bonds. The van der Waals surface area contributed by atoms with Crippen molar-refractivity contribution in [2.24, 2.45) is 0 Å². The van der Waals surface area contributed by atoms with Crippen molar-refractivity contribution in [3.8, 4) is 0 Å². The Morgan fingerprint density at radius 3 is 2.55 bits per heavy atom. The lowest BCUT2D eigenvalue weighted by Crippen LogP contribution is -2.44. The topological polar surface area (TPSA) is 27.7 Å². The molecule has 0 aliphatic carbocycles. The van der Waals surface area contributed by atoms with Crippen molar-refractivity contribution in [3.05, 3.63) is 29.8 Å². The summed E-state index contributed by atoms with van der Waals surface area (Å²) in [7, 11) is 0. The van der Waals surface area contributed by atoms with Crippen LogP contribution in [-0.4, -0.2) is 63.9 Å². The van der Waals surface area contributed by atoms with Gasteiger partial charge in [0.15, 0.2) is 0 Å². The van der Waals surface area contributed by atoms with Gasteiger partial charge in [-0.2, -0.15) is 0 Å². The number of benzene rings is 1. The van der Waals surface area contributed by atoms with Gasteiger partial charge in [0.1, 0.15) is 0 Å². The van der Waals surface area contributed by atoms with E-state index in [9.17, 15) is 0 Å². The fraction of sp³-hybridized carbons (Fsp3) is 0.625. The second-order valence-electron chi connectivity index (χ2n) is 5.57. The van der Waals surface area contributed by atoms with Crippen LogP contribution >= 0.6 is 0 Å². The minimum atomic E-state index is 0.853. The summed E-state index contributed by atoms with van der Waals surface area (Å²) in [6.45, 7) is 9.53. The zero-order valence-electron chi connectivity index (χ0n) is 12.2. The van der Waals surface area contributed by atoms with Gasteiger partial charge in [-0.25, -0.2) is 0 Å². The third-order valence-electron chi connectivity index (χ3n) is 4.25. The van der Waals surface area contributed by atoms with Crippen LogP contribution < -0.4 is 10.2 Å². The van der Waals surface area contributed by atoms with Gasteiger partial charge in [-0.3, -0.25) is 0 Å². The first kappa shape index (κ1) is 13.9. The Kier molecular flexibility index (Phi) is 4.90. The van der Waals surface area contributed by atoms with Crippen LogP contribution in [-0.2, 0) is 11.2 Å². The van der Waals surface area contributed by atoms with E-state index < -0.39 is 0 Å². The van der Waals surface area contributed by atoms with E-state index >= 15 is 0 Å². The van der Waals surface area contributed by atoms with Gasteiger partial charge in [-0.15, -0.1) is 0 Å². The maximum absolute atomic E-state index is 5.46. The average Bonchev–Trinajstić information content (AvgIpc) is 2.55. The van der Waals surface area contributed by atoms with Crippen LogP contribution in [0.15, 0.2) is 24.3 Å². The Labute approximate surface area is 121 Å². The molecular weight excluding hydrogens is 250 g/mol. The van der Waals surface area contributed by atoms with Crippen molar-refractivity contribution >= 4 is 5.69 Å². The largest absolute Gasteiger partial charge is 0.378 e. The average molecular weight is 275 g/mol. The van der Waals surface area contributed by atoms with Crippen LogP contribution in [0, 0.1) is 0 Å². The molecule has 0 radical (unpaired) electrons. The lowest BCUT2D eigenvalue weighted by molar-refractivity contribution is 0.122. The van der Waals surface area contributed by atoms with E-state index in [0.717, 1.165) is 45.8 Å². The molecule has 0 spiro atoms. The highest BCUT2D eigenvalue weighted by Crippen LogP contribution is 2.22. The van der Waals surface area contributed by atoms with Gasteiger partial charge in [0.2, 0.25) is 0 Å². The normalized spacial score (nSPS) is 21.1. The maximum atomic E-state index is 5.46. The molecule has 2 fully saturated rings. The maximum Gasteiger partial charge on any atom is 0.0642 e. The number of anilines is 1. The second kappa shape index (κ2) is 7.07. The number of morpholine rings is 1. The van der Waals surface area contributed by atoms with E-state index in [0.29, 0.717) is 0 Å².